The summed E-state index contributed by atoms with van der Waals surface area (Å²) < 4.78 is 4.61. The van der Waals surface area contributed by atoms with E-state index in [0.29, 0.717) is 33.3 Å². The van der Waals surface area contributed by atoms with Gasteiger partial charge in [0.1, 0.15) is 5.82 Å². The van der Waals surface area contributed by atoms with Crippen molar-refractivity contribution < 1.29 is 9.53 Å². The number of hydrogen-bond donors (Lipinski definition) is 2. The summed E-state index contributed by atoms with van der Waals surface area (Å²) in [6.07, 6.45) is 2.74. The number of aromatic amines is 1. The minimum atomic E-state index is -0.510. The Bertz CT molecular complexity index is 1030. The first kappa shape index (κ1) is 17.8. The van der Waals surface area contributed by atoms with E-state index in [1.54, 1.807) is 19.1 Å². The van der Waals surface area contributed by atoms with Crippen molar-refractivity contribution in [2.75, 3.05) is 12.4 Å². The number of carbonyl (C=O) groups excluding carboxylic acids is 1. The van der Waals surface area contributed by atoms with Gasteiger partial charge in [-0.25, -0.2) is 19.7 Å². The summed E-state index contributed by atoms with van der Waals surface area (Å²) in [5.74, 6) is 0.332. The van der Waals surface area contributed by atoms with E-state index in [1.807, 2.05) is 6.92 Å². The van der Waals surface area contributed by atoms with E-state index in [1.165, 1.54) is 19.5 Å². The van der Waals surface area contributed by atoms with Crippen molar-refractivity contribution in [2.24, 2.45) is 0 Å². The Labute approximate surface area is 153 Å². The lowest BCUT2D eigenvalue weighted by atomic mass is 10.1. The third-order valence-corrected chi connectivity index (χ3v) is 4.15. The lowest BCUT2D eigenvalue weighted by Crippen LogP contribution is -2.14. The zero-order chi connectivity index (χ0) is 18.8. The monoisotopic (exact) mass is 373 g/mol. The van der Waals surface area contributed by atoms with Crippen LogP contribution in [0.1, 0.15) is 34.7 Å². The van der Waals surface area contributed by atoms with Crippen LogP contribution < -0.4 is 10.9 Å². The predicted octanol–water partition coefficient (Wildman–Crippen LogP) is 2.63. The zero-order valence-corrected chi connectivity index (χ0v) is 15.1. The van der Waals surface area contributed by atoms with Gasteiger partial charge in [-0.3, -0.25) is 4.79 Å². The van der Waals surface area contributed by atoms with Crippen LogP contribution in [0.3, 0.4) is 0 Å². The number of nitrogens with zero attached hydrogens (tertiary/aromatic N) is 3. The van der Waals surface area contributed by atoms with Gasteiger partial charge in [-0.1, -0.05) is 11.6 Å². The number of aryl methyl sites for hydroxylation is 1. The van der Waals surface area contributed by atoms with Crippen LogP contribution in [0, 0.1) is 6.92 Å². The number of anilines is 1. The fourth-order valence-corrected chi connectivity index (χ4v) is 2.84. The van der Waals surface area contributed by atoms with E-state index in [2.05, 4.69) is 30.0 Å². The van der Waals surface area contributed by atoms with Crippen molar-refractivity contribution >= 4 is 34.4 Å². The fraction of sp³-hybridized carbons (Fsp3) is 0.235. The first-order valence-corrected chi connectivity index (χ1v) is 8.14. The molecule has 2 aromatic heterocycles. The van der Waals surface area contributed by atoms with Gasteiger partial charge in [0.2, 0.25) is 5.95 Å². The molecule has 0 fully saturated rings. The maximum atomic E-state index is 12.1. The van der Waals surface area contributed by atoms with Crippen molar-refractivity contribution in [3.8, 4) is 0 Å². The van der Waals surface area contributed by atoms with Crippen LogP contribution in [0.25, 0.3) is 10.9 Å². The highest BCUT2D eigenvalue weighted by molar-refractivity contribution is 6.32. The van der Waals surface area contributed by atoms with E-state index < -0.39 is 5.97 Å². The van der Waals surface area contributed by atoms with Crippen molar-refractivity contribution in [1.29, 1.82) is 0 Å². The smallest absolute Gasteiger partial charge is 0.341 e. The molecule has 0 aliphatic heterocycles. The van der Waals surface area contributed by atoms with Crippen LogP contribution in [0.15, 0.2) is 29.3 Å². The van der Waals surface area contributed by atoms with Gasteiger partial charge >= 0.3 is 5.97 Å². The SMILES string of the molecule is COC(=O)c1cnc(NC(C)c2cc3c(=O)[nH]c(C)nc3cc2Cl)nc1. The standard InChI is InChI=1S/C17H16ClN5O3/c1-8(21-17-19-6-10(7-20-17)16(25)26-3)11-4-12-14(5-13(11)18)22-9(2)23-15(12)24/h4-8H,1-3H3,(H,19,20,21)(H,22,23,24). The minimum Gasteiger partial charge on any atom is -0.465 e. The Morgan fingerprint density at radius 2 is 2.00 bits per heavy atom. The molecule has 0 amide bonds. The van der Waals surface area contributed by atoms with Gasteiger partial charge in [0.25, 0.3) is 5.56 Å². The van der Waals surface area contributed by atoms with Gasteiger partial charge < -0.3 is 15.0 Å². The van der Waals surface area contributed by atoms with Gasteiger partial charge in [-0.2, -0.15) is 0 Å². The molecular formula is C17H16ClN5O3. The Kier molecular flexibility index (Phi) is 4.85. The third kappa shape index (κ3) is 3.50. The molecule has 0 saturated heterocycles. The van der Waals surface area contributed by atoms with Crippen LogP contribution in [-0.4, -0.2) is 33.0 Å². The van der Waals surface area contributed by atoms with Crippen LogP contribution in [0.5, 0.6) is 0 Å². The number of nitrogens with one attached hydrogen (secondary N) is 2. The molecule has 0 aliphatic carbocycles. The second kappa shape index (κ2) is 7.09. The number of halogens is 1. The molecule has 0 bridgehead atoms. The molecule has 0 aliphatic rings. The molecule has 134 valence electrons. The Balaban J connectivity index is 1.90. The highest BCUT2D eigenvalue weighted by Crippen LogP contribution is 2.28. The van der Waals surface area contributed by atoms with Crippen molar-refractivity contribution in [1.82, 2.24) is 19.9 Å². The molecule has 3 rings (SSSR count). The summed E-state index contributed by atoms with van der Waals surface area (Å²) in [5.41, 5.74) is 1.26. The van der Waals surface area contributed by atoms with Gasteiger partial charge in [0.15, 0.2) is 0 Å². The average molecular weight is 374 g/mol. The second-order valence-corrected chi connectivity index (χ2v) is 6.10. The lowest BCUT2D eigenvalue weighted by Gasteiger charge is -2.16. The van der Waals surface area contributed by atoms with Crippen LogP contribution >= 0.6 is 11.6 Å². The van der Waals surface area contributed by atoms with E-state index in [4.69, 9.17) is 11.6 Å². The number of fused-ring (bicyclic) bond motifs is 1. The Morgan fingerprint density at radius 1 is 1.31 bits per heavy atom. The molecule has 0 radical (unpaired) electrons. The summed E-state index contributed by atoms with van der Waals surface area (Å²) in [5, 5.41) is 4.01. The number of carbonyl (C=O) groups is 1. The topological polar surface area (TPSA) is 110 Å². The highest BCUT2D eigenvalue weighted by atomic mass is 35.5. The average Bonchev–Trinajstić information content (AvgIpc) is 2.60. The van der Waals surface area contributed by atoms with E-state index in [9.17, 15) is 9.59 Å². The molecule has 1 unspecified atom stereocenters. The molecule has 0 saturated carbocycles. The summed E-state index contributed by atoms with van der Waals surface area (Å²) in [6.45, 7) is 3.57. The number of benzene rings is 1. The number of H-pyrrole nitrogens is 1. The summed E-state index contributed by atoms with van der Waals surface area (Å²) in [7, 11) is 1.29. The maximum absolute atomic E-state index is 12.1. The number of rotatable bonds is 4. The Morgan fingerprint density at radius 3 is 2.65 bits per heavy atom. The number of ether oxygens (including phenoxy) is 1. The summed E-state index contributed by atoms with van der Waals surface area (Å²) in [4.78, 5) is 38.7. The number of hydrogen-bond acceptors (Lipinski definition) is 7. The fourth-order valence-electron chi connectivity index (χ4n) is 2.52. The van der Waals surface area contributed by atoms with E-state index >= 15 is 0 Å². The minimum absolute atomic E-state index is 0.226. The van der Waals surface area contributed by atoms with Crippen molar-refractivity contribution in [2.45, 2.75) is 19.9 Å². The third-order valence-electron chi connectivity index (χ3n) is 3.83. The Hall–Kier alpha value is -3.00. The summed E-state index contributed by atoms with van der Waals surface area (Å²) in [6, 6.07) is 3.08. The molecule has 1 atom stereocenters. The van der Waals surface area contributed by atoms with Crippen LogP contribution in [0.4, 0.5) is 5.95 Å². The number of esters is 1. The predicted molar refractivity (Wildman–Crippen MR) is 97.5 cm³/mol. The zero-order valence-electron chi connectivity index (χ0n) is 14.3. The van der Waals surface area contributed by atoms with E-state index in [-0.39, 0.29) is 17.2 Å². The molecule has 2 heterocycles. The van der Waals surface area contributed by atoms with Crippen molar-refractivity contribution in [3.05, 3.63) is 56.9 Å². The molecule has 9 heteroatoms. The second-order valence-electron chi connectivity index (χ2n) is 5.70. The number of aromatic nitrogens is 4. The molecular weight excluding hydrogens is 358 g/mol. The lowest BCUT2D eigenvalue weighted by molar-refractivity contribution is 0.0600. The summed E-state index contributed by atoms with van der Waals surface area (Å²) >= 11 is 6.36. The maximum Gasteiger partial charge on any atom is 0.341 e. The van der Waals surface area contributed by atoms with Crippen LogP contribution in [0.2, 0.25) is 5.02 Å². The molecule has 2 N–H and O–H groups in total. The largest absolute Gasteiger partial charge is 0.465 e. The number of methoxy groups -OCH3 is 1. The van der Waals surface area contributed by atoms with Crippen molar-refractivity contribution in [3.63, 3.8) is 0 Å². The first-order valence-electron chi connectivity index (χ1n) is 7.76. The molecule has 8 nitrogen and oxygen atoms in total. The van der Waals surface area contributed by atoms with Crippen LogP contribution in [-0.2, 0) is 4.74 Å². The van der Waals surface area contributed by atoms with Gasteiger partial charge in [0, 0.05) is 17.4 Å². The quantitative estimate of drug-likeness (QED) is 0.676. The molecule has 3 aromatic rings. The molecule has 1 aromatic carbocycles. The molecule has 0 spiro atoms. The van der Waals surface area contributed by atoms with E-state index in [0.717, 1.165) is 0 Å². The molecule has 26 heavy (non-hydrogen) atoms. The first-order chi connectivity index (χ1) is 12.4. The normalized spacial score (nSPS) is 12.0. The van der Waals surface area contributed by atoms with Gasteiger partial charge in [0.05, 0.1) is 29.6 Å². The van der Waals surface area contributed by atoms with Gasteiger partial charge in [-0.15, -0.1) is 0 Å². The highest BCUT2D eigenvalue weighted by Gasteiger charge is 2.15. The van der Waals surface area contributed by atoms with Gasteiger partial charge in [-0.05, 0) is 31.5 Å².